The van der Waals surface area contributed by atoms with Gasteiger partial charge < -0.3 is 14.4 Å². The molecule has 0 radical (unpaired) electrons. The van der Waals surface area contributed by atoms with Crippen LogP contribution in [-0.4, -0.2) is 51.6 Å². The summed E-state index contributed by atoms with van der Waals surface area (Å²) in [5, 5.41) is -0.0929. The Morgan fingerprint density at radius 3 is 2.43 bits per heavy atom. The van der Waals surface area contributed by atoms with Crippen molar-refractivity contribution in [3.05, 3.63) is 0 Å². The van der Waals surface area contributed by atoms with Gasteiger partial charge in [-0.25, -0.2) is 4.79 Å². The van der Waals surface area contributed by atoms with Gasteiger partial charge in [-0.05, 0) is 34.6 Å². The molecule has 1 amide bonds. The van der Waals surface area contributed by atoms with Crippen LogP contribution in [0.1, 0.15) is 34.6 Å². The second-order valence-corrected chi connectivity index (χ2v) is 9.36. The summed E-state index contributed by atoms with van der Waals surface area (Å²) in [6, 6.07) is -0.696. The first kappa shape index (κ1) is 18.4. The number of carbonyl (C=O) groups is 3. The van der Waals surface area contributed by atoms with Crippen molar-refractivity contribution in [1.29, 1.82) is 0 Å². The van der Waals surface area contributed by atoms with Crippen molar-refractivity contribution in [1.82, 2.24) is 4.90 Å². The summed E-state index contributed by atoms with van der Waals surface area (Å²) in [5.41, 5.74) is -0.666. The van der Waals surface area contributed by atoms with Gasteiger partial charge in [0.1, 0.15) is 6.04 Å². The van der Waals surface area contributed by atoms with E-state index in [1.165, 1.54) is 4.90 Å². The Balaban J connectivity index is 1.97. The highest BCUT2D eigenvalue weighted by Crippen LogP contribution is 2.53. The fraction of sp³-hybridized carbons (Fsp3) is 0.800. The number of hydrogen-bond donors (Lipinski definition) is 0. The monoisotopic (exact) mass is 363 g/mol. The van der Waals surface area contributed by atoms with E-state index < -0.39 is 34.9 Å². The number of hydrogen-bond acceptors (Lipinski definition) is 6. The lowest BCUT2D eigenvalue weighted by molar-refractivity contribution is -0.180. The maximum absolute atomic E-state index is 12.4. The first-order valence-corrected chi connectivity index (χ1v) is 8.82. The van der Waals surface area contributed by atoms with Crippen LogP contribution in [-0.2, 0) is 23.9 Å². The van der Waals surface area contributed by atoms with E-state index in [1.807, 2.05) is 13.8 Å². The summed E-state index contributed by atoms with van der Waals surface area (Å²) < 4.78 is 9.54. The van der Waals surface area contributed by atoms with Gasteiger partial charge in [0.05, 0.1) is 16.7 Å². The molecule has 2 heterocycles. The van der Waals surface area contributed by atoms with Crippen LogP contribution in [0.2, 0.25) is 0 Å². The molecule has 2 aliphatic heterocycles. The van der Waals surface area contributed by atoms with Gasteiger partial charge >= 0.3 is 11.9 Å². The van der Waals surface area contributed by atoms with Crippen LogP contribution < -0.4 is 0 Å². The normalized spacial score (nSPS) is 28.9. The number of β-lactam (4-membered cyclic amide) rings is 1. The third-order valence-electron chi connectivity index (χ3n) is 3.94. The third kappa shape index (κ3) is 3.31. The van der Waals surface area contributed by atoms with Crippen LogP contribution in [0.15, 0.2) is 0 Å². The Morgan fingerprint density at radius 2 is 1.91 bits per heavy atom. The highest BCUT2D eigenvalue weighted by Gasteiger charge is 2.63. The van der Waals surface area contributed by atoms with Crippen LogP contribution in [0.4, 0.5) is 0 Å². The van der Waals surface area contributed by atoms with Crippen molar-refractivity contribution in [3.63, 3.8) is 0 Å². The molecule has 6 nitrogen and oxygen atoms in total. The minimum absolute atomic E-state index is 0.0929. The Morgan fingerprint density at radius 1 is 1.30 bits per heavy atom. The van der Waals surface area contributed by atoms with Crippen molar-refractivity contribution in [3.8, 4) is 0 Å². The van der Waals surface area contributed by atoms with E-state index in [0.29, 0.717) is 0 Å². The van der Waals surface area contributed by atoms with Gasteiger partial charge in [-0.15, -0.1) is 23.4 Å². The lowest BCUT2D eigenvalue weighted by atomic mass is 9.93. The fourth-order valence-corrected chi connectivity index (χ4v) is 4.73. The predicted molar refractivity (Wildman–Crippen MR) is 86.8 cm³/mol. The zero-order valence-corrected chi connectivity index (χ0v) is 15.5. The molecule has 8 heteroatoms. The first-order chi connectivity index (χ1) is 10.5. The second-order valence-electron chi connectivity index (χ2n) is 7.28. The van der Waals surface area contributed by atoms with E-state index in [2.05, 4.69) is 0 Å². The van der Waals surface area contributed by atoms with E-state index in [0.717, 1.165) is 0 Å². The van der Waals surface area contributed by atoms with Crippen LogP contribution in [0.5, 0.6) is 0 Å². The van der Waals surface area contributed by atoms with Crippen molar-refractivity contribution >= 4 is 41.2 Å². The highest BCUT2D eigenvalue weighted by atomic mass is 35.5. The lowest BCUT2D eigenvalue weighted by Gasteiger charge is -2.43. The molecule has 0 bridgehead atoms. The first-order valence-electron chi connectivity index (χ1n) is 7.40. The molecule has 130 valence electrons. The average molecular weight is 364 g/mol. The molecule has 0 aromatic heterocycles. The maximum Gasteiger partial charge on any atom is 0.333 e. The SMILES string of the molecule is CC(C)(C)C(=O)OCOC(=O)[C@@H]1N2C(=O)[C@@H](CCl)[C@H]2SC1(C)C. The molecule has 0 unspecified atom stereocenters. The van der Waals surface area contributed by atoms with Crippen molar-refractivity contribution in [2.24, 2.45) is 11.3 Å². The molecule has 2 rings (SSSR count). The highest BCUT2D eigenvalue weighted by molar-refractivity contribution is 8.01. The number of carbonyl (C=O) groups excluding carboxylic acids is 3. The number of amides is 1. The van der Waals surface area contributed by atoms with E-state index in [-0.39, 0.29) is 23.1 Å². The summed E-state index contributed by atoms with van der Waals surface area (Å²) >= 11 is 7.36. The minimum atomic E-state index is -0.696. The molecule has 0 N–H and O–H groups in total. The summed E-state index contributed by atoms with van der Waals surface area (Å²) in [7, 11) is 0. The molecule has 2 saturated heterocycles. The molecule has 0 aromatic carbocycles. The van der Waals surface area contributed by atoms with Crippen LogP contribution >= 0.6 is 23.4 Å². The Bertz CT molecular complexity index is 530. The maximum atomic E-state index is 12.4. The molecule has 0 aromatic rings. The minimum Gasteiger partial charge on any atom is -0.427 e. The number of fused-ring (bicyclic) bond motifs is 1. The summed E-state index contributed by atoms with van der Waals surface area (Å²) in [6.45, 7) is 8.47. The molecule has 0 aliphatic carbocycles. The largest absolute Gasteiger partial charge is 0.427 e. The van der Waals surface area contributed by atoms with Crippen LogP contribution in [0.25, 0.3) is 0 Å². The Kier molecular flexibility index (Phi) is 4.93. The molecule has 0 spiro atoms. The number of ether oxygens (including phenoxy) is 2. The van der Waals surface area contributed by atoms with Gasteiger partial charge in [-0.3, -0.25) is 9.59 Å². The van der Waals surface area contributed by atoms with E-state index in [4.69, 9.17) is 21.1 Å². The third-order valence-corrected chi connectivity index (χ3v) is 5.90. The van der Waals surface area contributed by atoms with Crippen molar-refractivity contribution in [2.45, 2.75) is 50.8 Å². The summed E-state index contributed by atoms with van der Waals surface area (Å²) in [4.78, 5) is 37.7. The molecule has 0 saturated carbocycles. The number of nitrogens with zero attached hydrogens (tertiary/aromatic N) is 1. The molecular weight excluding hydrogens is 342 g/mol. The number of thioether (sulfide) groups is 1. The van der Waals surface area contributed by atoms with E-state index in [9.17, 15) is 14.4 Å². The van der Waals surface area contributed by atoms with Gasteiger partial charge in [0.15, 0.2) is 0 Å². The fourth-order valence-electron chi connectivity index (χ4n) is 2.65. The smallest absolute Gasteiger partial charge is 0.333 e. The predicted octanol–water partition coefficient (Wildman–Crippen LogP) is 1.99. The lowest BCUT2D eigenvalue weighted by Crippen LogP contribution is -2.63. The van der Waals surface area contributed by atoms with Crippen LogP contribution in [0, 0.1) is 11.3 Å². The zero-order chi connectivity index (χ0) is 17.6. The summed E-state index contributed by atoms with van der Waals surface area (Å²) in [6.07, 6.45) is 0. The quantitative estimate of drug-likeness (QED) is 0.329. The number of esters is 2. The van der Waals surface area contributed by atoms with Crippen molar-refractivity contribution < 1.29 is 23.9 Å². The molecule has 2 aliphatic rings. The van der Waals surface area contributed by atoms with E-state index >= 15 is 0 Å². The Labute approximate surface area is 145 Å². The van der Waals surface area contributed by atoms with Gasteiger partial charge in [-0.2, -0.15) is 0 Å². The summed E-state index contributed by atoms with van der Waals surface area (Å²) in [5.74, 6) is -1.15. The van der Waals surface area contributed by atoms with Gasteiger partial charge in [0, 0.05) is 10.6 Å². The van der Waals surface area contributed by atoms with Gasteiger partial charge in [0.25, 0.3) is 0 Å². The van der Waals surface area contributed by atoms with Gasteiger partial charge in [-0.1, -0.05) is 0 Å². The number of rotatable bonds is 4. The molecule has 2 fully saturated rings. The number of halogens is 1. The molecule has 3 atom stereocenters. The van der Waals surface area contributed by atoms with Crippen molar-refractivity contribution in [2.75, 3.05) is 12.7 Å². The number of alkyl halides is 1. The Hall–Kier alpha value is -0.950. The topological polar surface area (TPSA) is 72.9 Å². The zero-order valence-electron chi connectivity index (χ0n) is 13.9. The average Bonchev–Trinajstić information content (AvgIpc) is 2.66. The van der Waals surface area contributed by atoms with Gasteiger partial charge in [0.2, 0.25) is 12.7 Å². The van der Waals surface area contributed by atoms with E-state index in [1.54, 1.807) is 32.5 Å². The molecule has 23 heavy (non-hydrogen) atoms. The second kappa shape index (κ2) is 6.16. The standard InChI is InChI=1S/C15H22ClNO5S/c1-14(2,3)13(20)22-7-21-12(19)9-15(4,5)23-11-8(6-16)10(18)17(9)11/h8-9,11H,6-7H2,1-5H3/t8-,9+,11-/m1/s1. The van der Waals surface area contributed by atoms with Crippen LogP contribution in [0.3, 0.4) is 0 Å². The molecular formula is C15H22ClNO5S.